The van der Waals surface area contributed by atoms with Crippen LogP contribution in [0.2, 0.25) is 0 Å². The van der Waals surface area contributed by atoms with Crippen molar-refractivity contribution in [2.24, 2.45) is 5.73 Å². The monoisotopic (exact) mass is 235 g/mol. The van der Waals surface area contributed by atoms with E-state index < -0.39 is 0 Å². The van der Waals surface area contributed by atoms with Gasteiger partial charge in [0.25, 0.3) is 0 Å². The smallest absolute Gasteiger partial charge is 0.163 e. The summed E-state index contributed by atoms with van der Waals surface area (Å²) in [5.41, 5.74) is 9.84. The molecule has 0 aromatic heterocycles. The number of ether oxygens (including phenoxy) is 2. The molecule has 1 aliphatic rings. The van der Waals surface area contributed by atoms with E-state index >= 15 is 0 Å². The minimum Gasteiger partial charge on any atom is -0.493 e. The van der Waals surface area contributed by atoms with Crippen LogP contribution in [0.25, 0.3) is 0 Å². The Morgan fingerprint density at radius 2 is 1.82 bits per heavy atom. The van der Waals surface area contributed by atoms with Crippen LogP contribution in [0.5, 0.6) is 11.5 Å². The van der Waals surface area contributed by atoms with E-state index in [4.69, 9.17) is 15.2 Å². The molecule has 0 amide bonds. The van der Waals surface area contributed by atoms with Crippen molar-refractivity contribution in [2.45, 2.75) is 38.6 Å². The summed E-state index contributed by atoms with van der Waals surface area (Å²) >= 11 is 0. The molecule has 3 nitrogen and oxygen atoms in total. The maximum absolute atomic E-state index is 6.44. The summed E-state index contributed by atoms with van der Waals surface area (Å²) < 4.78 is 10.8. The van der Waals surface area contributed by atoms with Gasteiger partial charge in [-0.05, 0) is 50.3 Å². The van der Waals surface area contributed by atoms with Crippen LogP contribution in [-0.4, -0.2) is 14.2 Å². The molecule has 1 fully saturated rings. The van der Waals surface area contributed by atoms with Gasteiger partial charge in [0.1, 0.15) is 0 Å². The molecular formula is C14H21NO2. The fraction of sp³-hybridized carbons (Fsp3) is 0.571. The number of hydrogen-bond donors (Lipinski definition) is 1. The number of rotatable bonds is 3. The molecule has 0 heterocycles. The van der Waals surface area contributed by atoms with E-state index in [1.807, 2.05) is 6.07 Å². The van der Waals surface area contributed by atoms with E-state index in [0.717, 1.165) is 29.9 Å². The van der Waals surface area contributed by atoms with Crippen molar-refractivity contribution in [1.82, 2.24) is 0 Å². The summed E-state index contributed by atoms with van der Waals surface area (Å²) in [4.78, 5) is 0. The number of hydrogen-bond acceptors (Lipinski definition) is 3. The van der Waals surface area contributed by atoms with Gasteiger partial charge < -0.3 is 15.2 Å². The van der Waals surface area contributed by atoms with Gasteiger partial charge in [0.05, 0.1) is 14.2 Å². The zero-order valence-corrected chi connectivity index (χ0v) is 11.1. The van der Waals surface area contributed by atoms with Crippen LogP contribution in [0.4, 0.5) is 0 Å². The fourth-order valence-corrected chi connectivity index (χ4v) is 2.91. The summed E-state index contributed by atoms with van der Waals surface area (Å²) in [6, 6.07) is 2.02. The summed E-state index contributed by atoms with van der Waals surface area (Å²) in [5, 5.41) is 0. The molecule has 94 valence electrons. The Hall–Kier alpha value is -1.22. The van der Waals surface area contributed by atoms with Crippen LogP contribution in [0, 0.1) is 13.8 Å². The Labute approximate surface area is 103 Å². The molecule has 0 atom stereocenters. The number of benzene rings is 1. The second kappa shape index (κ2) is 4.22. The van der Waals surface area contributed by atoms with Gasteiger partial charge in [-0.25, -0.2) is 0 Å². The summed E-state index contributed by atoms with van der Waals surface area (Å²) in [7, 11) is 3.34. The van der Waals surface area contributed by atoms with Crippen LogP contribution >= 0.6 is 0 Å². The zero-order valence-electron chi connectivity index (χ0n) is 11.1. The third-order valence-corrected chi connectivity index (χ3v) is 3.85. The quantitative estimate of drug-likeness (QED) is 0.876. The number of aryl methyl sites for hydroxylation is 1. The normalized spacial score (nSPS) is 17.5. The van der Waals surface area contributed by atoms with Crippen molar-refractivity contribution in [3.8, 4) is 11.5 Å². The molecule has 1 aliphatic carbocycles. The summed E-state index contributed by atoms with van der Waals surface area (Å²) in [6.07, 6.45) is 3.33. The van der Waals surface area contributed by atoms with Gasteiger partial charge in [-0.3, -0.25) is 0 Å². The average Bonchev–Trinajstić information content (AvgIpc) is 2.25. The van der Waals surface area contributed by atoms with Crippen molar-refractivity contribution in [3.05, 3.63) is 22.8 Å². The summed E-state index contributed by atoms with van der Waals surface area (Å²) in [6.45, 7) is 4.16. The van der Waals surface area contributed by atoms with E-state index in [2.05, 4.69) is 13.8 Å². The molecule has 0 radical (unpaired) electrons. The molecule has 2 rings (SSSR count). The molecule has 1 aromatic carbocycles. The lowest BCUT2D eigenvalue weighted by Gasteiger charge is -2.41. The summed E-state index contributed by atoms with van der Waals surface area (Å²) in [5.74, 6) is 1.60. The first-order chi connectivity index (χ1) is 8.03. The first-order valence-electron chi connectivity index (χ1n) is 6.05. The Morgan fingerprint density at radius 3 is 2.24 bits per heavy atom. The Morgan fingerprint density at radius 1 is 1.18 bits per heavy atom. The molecule has 0 saturated heterocycles. The van der Waals surface area contributed by atoms with Gasteiger partial charge in [-0.2, -0.15) is 0 Å². The lowest BCUT2D eigenvalue weighted by atomic mass is 9.70. The van der Waals surface area contributed by atoms with Crippen molar-refractivity contribution in [2.75, 3.05) is 14.2 Å². The van der Waals surface area contributed by atoms with E-state index in [1.54, 1.807) is 14.2 Å². The Bertz CT molecular complexity index is 436. The second-order valence-corrected chi connectivity index (χ2v) is 4.94. The van der Waals surface area contributed by atoms with Crippen molar-refractivity contribution in [1.29, 1.82) is 0 Å². The van der Waals surface area contributed by atoms with Gasteiger partial charge >= 0.3 is 0 Å². The van der Waals surface area contributed by atoms with Crippen LogP contribution in [-0.2, 0) is 5.54 Å². The lowest BCUT2D eigenvalue weighted by Crippen LogP contribution is -2.44. The van der Waals surface area contributed by atoms with E-state index in [0.29, 0.717) is 0 Å². The van der Waals surface area contributed by atoms with Gasteiger partial charge in [-0.1, -0.05) is 0 Å². The second-order valence-electron chi connectivity index (χ2n) is 4.94. The van der Waals surface area contributed by atoms with Crippen molar-refractivity contribution in [3.63, 3.8) is 0 Å². The van der Waals surface area contributed by atoms with Crippen LogP contribution in [0.3, 0.4) is 0 Å². The van der Waals surface area contributed by atoms with Crippen molar-refractivity contribution < 1.29 is 9.47 Å². The Kier molecular flexibility index (Phi) is 3.04. The molecule has 3 heteroatoms. The number of nitrogens with two attached hydrogens (primary N) is 1. The first kappa shape index (κ1) is 12.2. The molecule has 0 aliphatic heterocycles. The lowest BCUT2D eigenvalue weighted by molar-refractivity contribution is 0.249. The molecule has 0 spiro atoms. The highest BCUT2D eigenvalue weighted by atomic mass is 16.5. The highest BCUT2D eigenvalue weighted by molar-refractivity contribution is 5.56. The van der Waals surface area contributed by atoms with Gasteiger partial charge in [-0.15, -0.1) is 0 Å². The predicted molar refractivity (Wildman–Crippen MR) is 68.7 cm³/mol. The van der Waals surface area contributed by atoms with Crippen molar-refractivity contribution >= 4 is 0 Å². The predicted octanol–water partition coefficient (Wildman–Crippen LogP) is 2.66. The largest absolute Gasteiger partial charge is 0.493 e. The highest BCUT2D eigenvalue weighted by Crippen LogP contribution is 2.46. The van der Waals surface area contributed by atoms with E-state index in [9.17, 15) is 0 Å². The highest BCUT2D eigenvalue weighted by Gasteiger charge is 2.38. The Balaban J connectivity index is 2.60. The molecule has 1 aromatic rings. The average molecular weight is 235 g/mol. The minimum absolute atomic E-state index is 0.159. The van der Waals surface area contributed by atoms with Gasteiger partial charge in [0.2, 0.25) is 0 Å². The molecule has 0 unspecified atom stereocenters. The first-order valence-corrected chi connectivity index (χ1v) is 6.05. The zero-order chi connectivity index (χ0) is 12.6. The molecular weight excluding hydrogens is 214 g/mol. The van der Waals surface area contributed by atoms with Crippen LogP contribution in [0.1, 0.15) is 36.0 Å². The fourth-order valence-electron chi connectivity index (χ4n) is 2.91. The standard InChI is InChI=1S/C14H21NO2/c1-9-8-11(16-3)13(17-4)10(2)12(9)14(15)6-5-7-14/h8H,5-7,15H2,1-4H3. The number of methoxy groups -OCH3 is 2. The minimum atomic E-state index is -0.159. The maximum Gasteiger partial charge on any atom is 0.163 e. The van der Waals surface area contributed by atoms with E-state index in [1.165, 1.54) is 17.5 Å². The SMILES string of the molecule is COc1cc(C)c(C2(N)CCC2)c(C)c1OC. The third kappa shape index (κ3) is 1.78. The van der Waals surface area contributed by atoms with Gasteiger partial charge in [0, 0.05) is 11.1 Å². The molecule has 17 heavy (non-hydrogen) atoms. The molecule has 0 bridgehead atoms. The molecule has 2 N–H and O–H groups in total. The topological polar surface area (TPSA) is 44.5 Å². The molecule has 1 saturated carbocycles. The maximum atomic E-state index is 6.44. The third-order valence-electron chi connectivity index (χ3n) is 3.85. The van der Waals surface area contributed by atoms with Crippen LogP contribution < -0.4 is 15.2 Å². The van der Waals surface area contributed by atoms with Gasteiger partial charge in [0.15, 0.2) is 11.5 Å². The van der Waals surface area contributed by atoms with Crippen LogP contribution in [0.15, 0.2) is 6.07 Å². The van der Waals surface area contributed by atoms with E-state index in [-0.39, 0.29) is 5.54 Å².